The van der Waals surface area contributed by atoms with Crippen molar-refractivity contribution in [1.82, 2.24) is 24.3 Å². The second kappa shape index (κ2) is 7.04. The van der Waals surface area contributed by atoms with Crippen LogP contribution in [0.1, 0.15) is 11.1 Å². The third kappa shape index (κ3) is 3.20. The van der Waals surface area contributed by atoms with Crippen molar-refractivity contribution < 1.29 is 4.39 Å². The average Bonchev–Trinajstić information content (AvgIpc) is 3.32. The van der Waals surface area contributed by atoms with Crippen LogP contribution in [0.5, 0.6) is 0 Å². The molecule has 0 unspecified atom stereocenters. The van der Waals surface area contributed by atoms with Gasteiger partial charge in [0.2, 0.25) is 0 Å². The first kappa shape index (κ1) is 17.0. The Morgan fingerprint density at radius 3 is 2.93 bits per heavy atom. The van der Waals surface area contributed by atoms with E-state index in [0.717, 1.165) is 21.4 Å². The molecule has 0 amide bonds. The monoisotopic (exact) mass is 365 g/mol. The number of rotatable bonds is 5. The second-order valence-electron chi connectivity index (χ2n) is 6.06. The van der Waals surface area contributed by atoms with Crippen molar-refractivity contribution in [1.29, 1.82) is 0 Å². The minimum absolute atomic E-state index is 0.0100. The lowest BCUT2D eigenvalue weighted by Gasteiger charge is -2.05. The van der Waals surface area contributed by atoms with Gasteiger partial charge in [0.25, 0.3) is 0 Å². The lowest BCUT2D eigenvalue weighted by molar-refractivity contribution is 0.612. The summed E-state index contributed by atoms with van der Waals surface area (Å²) in [5.41, 5.74) is 9.12. The van der Waals surface area contributed by atoms with Gasteiger partial charge in [0, 0.05) is 18.3 Å². The molecule has 0 fully saturated rings. The predicted molar refractivity (Wildman–Crippen MR) is 98.4 cm³/mol. The number of hydrogen-bond donors (Lipinski definition) is 1. The van der Waals surface area contributed by atoms with Crippen molar-refractivity contribution in [2.45, 2.75) is 13.1 Å². The lowest BCUT2D eigenvalue weighted by atomic mass is 10.0. The Hall–Kier alpha value is -3.46. The third-order valence-corrected chi connectivity index (χ3v) is 4.32. The number of nitrogens with two attached hydrogens (primary N) is 1. The molecule has 136 valence electrons. The fourth-order valence-corrected chi connectivity index (χ4v) is 2.80. The standard InChI is InChI=1S/C18H16FN7O/c19-4-12(5-20)10-26-18(27)25(11-24-26)17-9-22-16(8-23-17)13-1-2-14-6-21-7-15(14)3-13/h1-4,6,8-9,11H,5,7,10,20H2/b12-4+. The highest BCUT2D eigenvalue weighted by Gasteiger charge is 2.12. The van der Waals surface area contributed by atoms with Crippen LogP contribution >= 0.6 is 0 Å². The summed E-state index contributed by atoms with van der Waals surface area (Å²) in [6, 6.07) is 5.99. The SMILES string of the molecule is NC/C(=C\F)Cn1ncn(-c2cnc(-c3ccc4c(c3)CN=C4)cn2)c1=O. The molecule has 0 radical (unpaired) electrons. The fraction of sp³-hybridized carbons (Fsp3) is 0.167. The van der Waals surface area contributed by atoms with Crippen molar-refractivity contribution in [3.8, 4) is 17.1 Å². The summed E-state index contributed by atoms with van der Waals surface area (Å²) in [4.78, 5) is 25.4. The van der Waals surface area contributed by atoms with Gasteiger partial charge in [0.15, 0.2) is 5.82 Å². The molecule has 1 aliphatic rings. The van der Waals surface area contributed by atoms with Gasteiger partial charge in [-0.1, -0.05) is 12.1 Å². The summed E-state index contributed by atoms with van der Waals surface area (Å²) >= 11 is 0. The summed E-state index contributed by atoms with van der Waals surface area (Å²) in [6.45, 7) is 0.666. The van der Waals surface area contributed by atoms with Crippen LogP contribution in [0.4, 0.5) is 4.39 Å². The topological polar surface area (TPSA) is 104 Å². The summed E-state index contributed by atoms with van der Waals surface area (Å²) in [6.07, 6.45) is 6.67. The van der Waals surface area contributed by atoms with Crippen molar-refractivity contribution in [2.75, 3.05) is 6.54 Å². The van der Waals surface area contributed by atoms with E-state index in [4.69, 9.17) is 5.73 Å². The van der Waals surface area contributed by atoms with E-state index in [9.17, 15) is 9.18 Å². The van der Waals surface area contributed by atoms with Crippen LogP contribution in [-0.4, -0.2) is 37.1 Å². The summed E-state index contributed by atoms with van der Waals surface area (Å²) in [5, 5.41) is 3.97. The maximum Gasteiger partial charge on any atom is 0.351 e. The van der Waals surface area contributed by atoms with Gasteiger partial charge < -0.3 is 5.73 Å². The van der Waals surface area contributed by atoms with Crippen molar-refractivity contribution in [2.24, 2.45) is 10.7 Å². The molecule has 4 rings (SSSR count). The number of nitrogens with zero attached hydrogens (tertiary/aromatic N) is 6. The minimum Gasteiger partial charge on any atom is -0.327 e. The highest BCUT2D eigenvalue weighted by molar-refractivity contribution is 5.85. The number of aromatic nitrogens is 5. The summed E-state index contributed by atoms with van der Waals surface area (Å²) in [5.74, 6) is 0.331. The maximum absolute atomic E-state index is 12.7. The molecule has 3 aromatic rings. The Bertz CT molecular complexity index is 1100. The highest BCUT2D eigenvalue weighted by atomic mass is 19.1. The zero-order valence-electron chi connectivity index (χ0n) is 14.3. The van der Waals surface area contributed by atoms with Crippen LogP contribution in [-0.2, 0) is 13.1 Å². The molecular formula is C18H16FN7O. The van der Waals surface area contributed by atoms with Crippen LogP contribution in [0.25, 0.3) is 17.1 Å². The molecule has 0 saturated carbocycles. The van der Waals surface area contributed by atoms with Crippen molar-refractivity contribution in [3.63, 3.8) is 0 Å². The van der Waals surface area contributed by atoms with Crippen LogP contribution in [0.3, 0.4) is 0 Å². The number of halogens is 1. The van der Waals surface area contributed by atoms with Crippen molar-refractivity contribution >= 4 is 6.21 Å². The predicted octanol–water partition coefficient (Wildman–Crippen LogP) is 1.24. The Labute approximate surface area is 153 Å². The van der Waals surface area contributed by atoms with E-state index in [2.05, 4.69) is 20.1 Å². The number of benzene rings is 1. The van der Waals surface area contributed by atoms with Gasteiger partial charge in [-0.3, -0.25) is 9.98 Å². The Kier molecular flexibility index (Phi) is 4.43. The Balaban J connectivity index is 1.60. The molecule has 9 heteroatoms. The molecule has 2 N–H and O–H groups in total. The van der Waals surface area contributed by atoms with Gasteiger partial charge in [-0.25, -0.2) is 23.4 Å². The third-order valence-electron chi connectivity index (χ3n) is 4.32. The van der Waals surface area contributed by atoms with E-state index in [0.29, 0.717) is 24.4 Å². The second-order valence-corrected chi connectivity index (χ2v) is 6.06. The van der Waals surface area contributed by atoms with Crippen LogP contribution in [0, 0.1) is 0 Å². The highest BCUT2D eigenvalue weighted by Crippen LogP contribution is 2.23. The average molecular weight is 365 g/mol. The first-order chi connectivity index (χ1) is 13.2. The molecule has 8 nitrogen and oxygen atoms in total. The minimum atomic E-state index is -0.445. The summed E-state index contributed by atoms with van der Waals surface area (Å²) in [7, 11) is 0. The van der Waals surface area contributed by atoms with Crippen LogP contribution in [0.2, 0.25) is 0 Å². The largest absolute Gasteiger partial charge is 0.351 e. The Morgan fingerprint density at radius 2 is 2.19 bits per heavy atom. The molecule has 0 bridgehead atoms. The molecular weight excluding hydrogens is 349 g/mol. The molecule has 0 aliphatic carbocycles. The smallest absolute Gasteiger partial charge is 0.327 e. The van der Waals surface area contributed by atoms with Crippen LogP contribution in [0.15, 0.2) is 58.6 Å². The van der Waals surface area contributed by atoms with Gasteiger partial charge >= 0.3 is 5.69 Å². The molecule has 0 spiro atoms. The van der Waals surface area contributed by atoms with Crippen molar-refractivity contribution in [3.05, 3.63) is 70.4 Å². The van der Waals surface area contributed by atoms with E-state index >= 15 is 0 Å². The zero-order chi connectivity index (χ0) is 18.8. The zero-order valence-corrected chi connectivity index (χ0v) is 14.3. The molecule has 0 saturated heterocycles. The normalized spacial score (nSPS) is 13.2. The van der Waals surface area contributed by atoms with Gasteiger partial charge in [-0.2, -0.15) is 5.10 Å². The van der Waals surface area contributed by atoms with Gasteiger partial charge in [-0.05, 0) is 22.8 Å². The van der Waals surface area contributed by atoms with Gasteiger partial charge in [0.1, 0.15) is 6.33 Å². The molecule has 27 heavy (non-hydrogen) atoms. The Morgan fingerprint density at radius 1 is 1.30 bits per heavy atom. The van der Waals surface area contributed by atoms with E-state index in [-0.39, 0.29) is 18.7 Å². The van der Waals surface area contributed by atoms with E-state index in [1.165, 1.54) is 17.1 Å². The molecule has 1 aromatic carbocycles. The number of aliphatic imine (C=N–C) groups is 1. The molecule has 0 atom stereocenters. The molecule has 1 aliphatic heterocycles. The quantitative estimate of drug-likeness (QED) is 0.732. The van der Waals surface area contributed by atoms with E-state index in [1.807, 2.05) is 24.4 Å². The maximum atomic E-state index is 12.7. The van der Waals surface area contributed by atoms with E-state index < -0.39 is 5.69 Å². The van der Waals surface area contributed by atoms with Crippen LogP contribution < -0.4 is 11.4 Å². The molecule has 2 aromatic heterocycles. The number of fused-ring (bicyclic) bond motifs is 1. The molecule has 3 heterocycles. The van der Waals surface area contributed by atoms with E-state index in [1.54, 1.807) is 6.20 Å². The summed E-state index contributed by atoms with van der Waals surface area (Å²) < 4.78 is 15.0. The first-order valence-electron chi connectivity index (χ1n) is 8.28. The van der Waals surface area contributed by atoms with Gasteiger partial charge in [-0.15, -0.1) is 0 Å². The number of hydrogen-bond acceptors (Lipinski definition) is 6. The van der Waals surface area contributed by atoms with Gasteiger partial charge in [0.05, 0.1) is 37.5 Å². The lowest BCUT2D eigenvalue weighted by Crippen LogP contribution is -2.26. The fourth-order valence-electron chi connectivity index (χ4n) is 2.80. The first-order valence-corrected chi connectivity index (χ1v) is 8.28.